The topological polar surface area (TPSA) is 41.6 Å². The van der Waals surface area contributed by atoms with Crippen molar-refractivity contribution in [2.45, 2.75) is 26.8 Å². The fourth-order valence-electron chi connectivity index (χ4n) is 1.84. The molecule has 0 fully saturated rings. The second kappa shape index (κ2) is 4.84. The number of nitrogens with zero attached hydrogens (tertiary/aromatic N) is 3. The van der Waals surface area contributed by atoms with E-state index in [-0.39, 0.29) is 0 Å². The van der Waals surface area contributed by atoms with Gasteiger partial charge in [0.05, 0.1) is 18.7 Å². The molecule has 86 valence electrons. The zero-order valence-electron chi connectivity index (χ0n) is 10.1. The van der Waals surface area contributed by atoms with Gasteiger partial charge in [0.25, 0.3) is 0 Å². The quantitative estimate of drug-likeness (QED) is 0.805. The Morgan fingerprint density at radius 3 is 2.76 bits per heavy atom. The van der Waals surface area contributed by atoms with Crippen LogP contribution in [0.2, 0.25) is 0 Å². The summed E-state index contributed by atoms with van der Waals surface area (Å²) in [4.78, 5) is 0. The lowest BCUT2D eigenvalue weighted by atomic mass is 10.0. The number of aryl methyl sites for hydroxylation is 2. The second-order valence-electron chi connectivity index (χ2n) is 4.06. The number of hydrogen-bond acceptors (Lipinski definition) is 2. The Morgan fingerprint density at radius 2 is 2.18 bits per heavy atom. The molecule has 0 spiro atoms. The van der Waals surface area contributed by atoms with Crippen molar-refractivity contribution in [3.8, 4) is 17.2 Å². The molecule has 1 aromatic carbocycles. The predicted molar refractivity (Wildman–Crippen MR) is 67.4 cm³/mol. The summed E-state index contributed by atoms with van der Waals surface area (Å²) < 4.78 is 1.91. The van der Waals surface area contributed by atoms with E-state index in [2.05, 4.69) is 30.2 Å². The summed E-state index contributed by atoms with van der Waals surface area (Å²) >= 11 is 0. The van der Waals surface area contributed by atoms with Crippen LogP contribution in [0.15, 0.2) is 30.6 Å². The van der Waals surface area contributed by atoms with Gasteiger partial charge in [0.2, 0.25) is 0 Å². The standard InChI is InChI=1S/C14H15N3/c1-3-17-10-14(9-16-17)13-5-4-12(6-7-15)11(2)8-13/h4-5,8-10H,3,6H2,1-2H3. The van der Waals surface area contributed by atoms with E-state index < -0.39 is 0 Å². The van der Waals surface area contributed by atoms with Crippen molar-refractivity contribution in [2.24, 2.45) is 0 Å². The molecule has 0 bridgehead atoms. The average molecular weight is 225 g/mol. The van der Waals surface area contributed by atoms with Crippen LogP contribution in [0.4, 0.5) is 0 Å². The second-order valence-corrected chi connectivity index (χ2v) is 4.06. The summed E-state index contributed by atoms with van der Waals surface area (Å²) in [6, 6.07) is 8.37. The molecule has 0 saturated heterocycles. The van der Waals surface area contributed by atoms with E-state index in [0.717, 1.165) is 28.8 Å². The summed E-state index contributed by atoms with van der Waals surface area (Å²) in [5.41, 5.74) is 4.54. The van der Waals surface area contributed by atoms with Crippen LogP contribution >= 0.6 is 0 Å². The molecule has 0 radical (unpaired) electrons. The molecule has 3 nitrogen and oxygen atoms in total. The third-order valence-corrected chi connectivity index (χ3v) is 2.90. The fraction of sp³-hybridized carbons (Fsp3) is 0.286. The number of nitriles is 1. The van der Waals surface area contributed by atoms with E-state index in [1.807, 2.05) is 30.1 Å². The van der Waals surface area contributed by atoms with Crippen LogP contribution in [0.5, 0.6) is 0 Å². The van der Waals surface area contributed by atoms with Crippen molar-refractivity contribution >= 4 is 0 Å². The maximum absolute atomic E-state index is 8.70. The van der Waals surface area contributed by atoms with E-state index in [0.29, 0.717) is 6.42 Å². The molecule has 2 rings (SSSR count). The van der Waals surface area contributed by atoms with Crippen LogP contribution in [0, 0.1) is 18.3 Å². The number of benzene rings is 1. The molecular weight excluding hydrogens is 210 g/mol. The minimum atomic E-state index is 0.473. The van der Waals surface area contributed by atoms with Gasteiger partial charge in [-0.1, -0.05) is 18.2 Å². The van der Waals surface area contributed by atoms with E-state index in [1.165, 1.54) is 0 Å². The molecule has 1 aromatic heterocycles. The van der Waals surface area contributed by atoms with Gasteiger partial charge in [0, 0.05) is 18.3 Å². The van der Waals surface area contributed by atoms with Crippen molar-refractivity contribution in [3.63, 3.8) is 0 Å². The molecule has 0 saturated carbocycles. The molecule has 17 heavy (non-hydrogen) atoms. The molecule has 1 heterocycles. The molecule has 0 aliphatic rings. The molecule has 0 unspecified atom stereocenters. The third-order valence-electron chi connectivity index (χ3n) is 2.90. The number of hydrogen-bond donors (Lipinski definition) is 0. The molecule has 0 aliphatic carbocycles. The molecule has 0 amide bonds. The highest BCUT2D eigenvalue weighted by atomic mass is 15.3. The van der Waals surface area contributed by atoms with E-state index in [4.69, 9.17) is 5.26 Å². The predicted octanol–water partition coefficient (Wildman–Crippen LogP) is 2.94. The highest BCUT2D eigenvalue weighted by molar-refractivity contribution is 5.63. The Morgan fingerprint density at radius 1 is 1.35 bits per heavy atom. The van der Waals surface area contributed by atoms with Gasteiger partial charge >= 0.3 is 0 Å². The Bertz CT molecular complexity index is 561. The van der Waals surface area contributed by atoms with E-state index in [9.17, 15) is 0 Å². The SMILES string of the molecule is CCn1cc(-c2ccc(CC#N)c(C)c2)cn1. The van der Waals surface area contributed by atoms with Crippen molar-refractivity contribution in [1.29, 1.82) is 5.26 Å². The van der Waals surface area contributed by atoms with Gasteiger partial charge < -0.3 is 0 Å². The third kappa shape index (κ3) is 2.36. The summed E-state index contributed by atoms with van der Waals surface area (Å²) in [5, 5.41) is 13.0. The monoisotopic (exact) mass is 225 g/mol. The minimum Gasteiger partial charge on any atom is -0.272 e. The average Bonchev–Trinajstić information content (AvgIpc) is 2.80. The van der Waals surface area contributed by atoms with Gasteiger partial charge in [0.15, 0.2) is 0 Å². The van der Waals surface area contributed by atoms with Crippen molar-refractivity contribution in [2.75, 3.05) is 0 Å². The number of aromatic nitrogens is 2. The Hall–Kier alpha value is -2.08. The summed E-state index contributed by atoms with van der Waals surface area (Å²) in [7, 11) is 0. The molecule has 0 aliphatic heterocycles. The molecule has 3 heteroatoms. The van der Waals surface area contributed by atoms with Crippen LogP contribution in [-0.2, 0) is 13.0 Å². The van der Waals surface area contributed by atoms with Crippen molar-refractivity contribution < 1.29 is 0 Å². The van der Waals surface area contributed by atoms with Crippen molar-refractivity contribution in [3.05, 3.63) is 41.7 Å². The highest BCUT2D eigenvalue weighted by Gasteiger charge is 2.04. The Balaban J connectivity index is 2.34. The number of rotatable bonds is 3. The first-order valence-corrected chi connectivity index (χ1v) is 5.74. The van der Waals surface area contributed by atoms with Crippen LogP contribution in [0.3, 0.4) is 0 Å². The zero-order chi connectivity index (χ0) is 12.3. The van der Waals surface area contributed by atoms with Gasteiger partial charge in [-0.05, 0) is 30.5 Å². The molecular formula is C14H15N3. The summed E-state index contributed by atoms with van der Waals surface area (Å²) in [6.45, 7) is 4.99. The maximum atomic E-state index is 8.70. The minimum absolute atomic E-state index is 0.473. The van der Waals surface area contributed by atoms with Gasteiger partial charge in [-0.3, -0.25) is 4.68 Å². The lowest BCUT2D eigenvalue weighted by Gasteiger charge is -2.04. The fourth-order valence-corrected chi connectivity index (χ4v) is 1.84. The van der Waals surface area contributed by atoms with Crippen LogP contribution in [0.25, 0.3) is 11.1 Å². The lowest BCUT2D eigenvalue weighted by Crippen LogP contribution is -1.92. The summed E-state index contributed by atoms with van der Waals surface area (Å²) in [6.07, 6.45) is 4.39. The lowest BCUT2D eigenvalue weighted by molar-refractivity contribution is 0.660. The maximum Gasteiger partial charge on any atom is 0.0669 e. The van der Waals surface area contributed by atoms with Crippen LogP contribution < -0.4 is 0 Å². The first-order chi connectivity index (χ1) is 8.24. The van der Waals surface area contributed by atoms with Gasteiger partial charge in [-0.15, -0.1) is 0 Å². The largest absolute Gasteiger partial charge is 0.272 e. The molecule has 0 atom stereocenters. The van der Waals surface area contributed by atoms with Gasteiger partial charge in [-0.2, -0.15) is 10.4 Å². The highest BCUT2D eigenvalue weighted by Crippen LogP contribution is 2.22. The van der Waals surface area contributed by atoms with Gasteiger partial charge in [0.1, 0.15) is 0 Å². The normalized spacial score (nSPS) is 10.2. The smallest absolute Gasteiger partial charge is 0.0669 e. The van der Waals surface area contributed by atoms with Crippen molar-refractivity contribution in [1.82, 2.24) is 9.78 Å². The Kier molecular flexibility index (Phi) is 3.24. The molecule has 2 aromatic rings. The first kappa shape index (κ1) is 11.4. The van der Waals surface area contributed by atoms with Crippen LogP contribution in [0.1, 0.15) is 18.1 Å². The van der Waals surface area contributed by atoms with E-state index >= 15 is 0 Å². The first-order valence-electron chi connectivity index (χ1n) is 5.74. The van der Waals surface area contributed by atoms with Gasteiger partial charge in [-0.25, -0.2) is 0 Å². The zero-order valence-corrected chi connectivity index (χ0v) is 10.1. The van der Waals surface area contributed by atoms with E-state index in [1.54, 1.807) is 0 Å². The summed E-state index contributed by atoms with van der Waals surface area (Å²) in [5.74, 6) is 0. The van der Waals surface area contributed by atoms with Crippen LogP contribution in [-0.4, -0.2) is 9.78 Å². The molecule has 0 N–H and O–H groups in total. The Labute approximate surface area is 101 Å².